The highest BCUT2D eigenvalue weighted by Crippen LogP contribution is 2.37. The Hall–Kier alpha value is -3.26. The Morgan fingerprint density at radius 2 is 2.11 bits per heavy atom. The van der Waals surface area contributed by atoms with Gasteiger partial charge in [-0.3, -0.25) is 19.9 Å². The molecule has 9 heteroatoms. The van der Waals surface area contributed by atoms with E-state index in [1.54, 1.807) is 30.9 Å². The highest BCUT2D eigenvalue weighted by molar-refractivity contribution is 6.31. The number of esters is 1. The molecular formula is C26H27ClFN5O2. The van der Waals surface area contributed by atoms with Gasteiger partial charge in [-0.15, -0.1) is 0 Å². The number of nitrogens with zero attached hydrogens (tertiary/aromatic N) is 5. The highest BCUT2D eigenvalue weighted by Gasteiger charge is 2.41. The van der Waals surface area contributed by atoms with Crippen LogP contribution in [0.2, 0.25) is 0 Å². The molecule has 0 spiro atoms. The quantitative estimate of drug-likeness (QED) is 0.543. The summed E-state index contributed by atoms with van der Waals surface area (Å²) in [5.41, 5.74) is 2.49. The molecule has 5 rings (SSSR count). The van der Waals surface area contributed by atoms with Crippen LogP contribution in [0.25, 0.3) is 5.57 Å². The number of aromatic nitrogens is 1. The van der Waals surface area contributed by atoms with Crippen molar-refractivity contribution in [3.63, 3.8) is 0 Å². The number of carbonyl (C=O) groups excluding carboxylic acids is 1. The predicted molar refractivity (Wildman–Crippen MR) is 134 cm³/mol. The van der Waals surface area contributed by atoms with Gasteiger partial charge in [-0.05, 0) is 70.2 Å². The molecule has 3 heterocycles. The summed E-state index contributed by atoms with van der Waals surface area (Å²) in [6.07, 6.45) is 12.9. The number of hydrogen-bond acceptors (Lipinski definition) is 7. The Morgan fingerprint density at radius 1 is 1.29 bits per heavy atom. The van der Waals surface area contributed by atoms with Gasteiger partial charge in [0.15, 0.2) is 6.17 Å². The Morgan fingerprint density at radius 3 is 2.83 bits per heavy atom. The first-order valence-corrected chi connectivity index (χ1v) is 12.1. The van der Waals surface area contributed by atoms with Crippen LogP contribution >= 0.6 is 11.6 Å². The summed E-state index contributed by atoms with van der Waals surface area (Å²) in [6.45, 7) is 5.53. The minimum atomic E-state index is -0.652. The van der Waals surface area contributed by atoms with Crippen LogP contribution < -0.4 is 0 Å². The number of hydrazone groups is 1. The molecule has 0 saturated carbocycles. The van der Waals surface area contributed by atoms with E-state index in [2.05, 4.69) is 10.1 Å². The minimum Gasteiger partial charge on any atom is -0.455 e. The maximum absolute atomic E-state index is 14.2. The van der Waals surface area contributed by atoms with E-state index in [1.807, 2.05) is 42.8 Å². The van der Waals surface area contributed by atoms with Gasteiger partial charge in [0.2, 0.25) is 0 Å². The molecule has 0 aromatic carbocycles. The van der Waals surface area contributed by atoms with Crippen molar-refractivity contribution >= 4 is 35.7 Å². The second-order valence-corrected chi connectivity index (χ2v) is 10.3. The second-order valence-electron chi connectivity index (χ2n) is 9.85. The van der Waals surface area contributed by atoms with E-state index in [0.717, 1.165) is 17.6 Å². The SMILES string of the molecule is CC(C)(C)OC(=O)C1=C2CC=C(Cl)C=C2N=CC2N1C=NN2C1CC=C(c2ncccc2F)CC1. The first-order valence-electron chi connectivity index (χ1n) is 11.7. The van der Waals surface area contributed by atoms with Crippen LogP contribution in [-0.2, 0) is 9.53 Å². The number of allylic oxidation sites excluding steroid dienone is 5. The molecule has 0 N–H and O–H groups in total. The molecule has 0 amide bonds. The smallest absolute Gasteiger partial charge is 0.355 e. The van der Waals surface area contributed by atoms with E-state index in [0.29, 0.717) is 41.4 Å². The van der Waals surface area contributed by atoms with Gasteiger partial charge in [0, 0.05) is 23.0 Å². The number of pyridine rings is 1. The summed E-state index contributed by atoms with van der Waals surface area (Å²) in [7, 11) is 0. The Labute approximate surface area is 209 Å². The van der Waals surface area contributed by atoms with E-state index in [4.69, 9.17) is 21.3 Å². The fraction of sp³-hybridized carbons (Fsp3) is 0.385. The molecule has 1 aromatic rings. The van der Waals surface area contributed by atoms with Gasteiger partial charge in [0.1, 0.15) is 29.1 Å². The molecule has 7 nitrogen and oxygen atoms in total. The molecule has 2 unspecified atom stereocenters. The number of aliphatic imine (C=N–C) groups is 1. The molecule has 2 atom stereocenters. The van der Waals surface area contributed by atoms with Crippen molar-refractivity contribution in [3.8, 4) is 0 Å². The summed E-state index contributed by atoms with van der Waals surface area (Å²) in [5, 5.41) is 7.21. The fourth-order valence-corrected chi connectivity index (χ4v) is 4.87. The average molecular weight is 496 g/mol. The topological polar surface area (TPSA) is 70.4 Å². The molecule has 2 aliphatic carbocycles. The Balaban J connectivity index is 1.44. The van der Waals surface area contributed by atoms with Crippen LogP contribution in [-0.4, -0.2) is 51.2 Å². The van der Waals surface area contributed by atoms with Gasteiger partial charge in [-0.25, -0.2) is 9.18 Å². The number of ether oxygens (including phenoxy) is 1. The maximum Gasteiger partial charge on any atom is 0.355 e. The number of hydrogen-bond donors (Lipinski definition) is 0. The lowest BCUT2D eigenvalue weighted by Gasteiger charge is -2.35. The fourth-order valence-electron chi connectivity index (χ4n) is 4.69. The van der Waals surface area contributed by atoms with Crippen LogP contribution in [0.1, 0.15) is 52.1 Å². The molecule has 1 aromatic heterocycles. The highest BCUT2D eigenvalue weighted by atomic mass is 35.5. The lowest BCUT2D eigenvalue weighted by molar-refractivity contribution is -0.151. The largest absolute Gasteiger partial charge is 0.455 e. The van der Waals surface area contributed by atoms with E-state index < -0.39 is 11.6 Å². The van der Waals surface area contributed by atoms with Crippen molar-refractivity contribution in [2.75, 3.05) is 0 Å². The summed E-state index contributed by atoms with van der Waals surface area (Å²) in [4.78, 5) is 24.1. The van der Waals surface area contributed by atoms with Gasteiger partial charge in [0.25, 0.3) is 0 Å². The van der Waals surface area contributed by atoms with E-state index in [9.17, 15) is 9.18 Å². The molecule has 182 valence electrons. The van der Waals surface area contributed by atoms with Gasteiger partial charge in [0.05, 0.1) is 11.7 Å². The first kappa shape index (κ1) is 23.5. The zero-order valence-corrected chi connectivity index (χ0v) is 20.7. The monoisotopic (exact) mass is 495 g/mol. The lowest BCUT2D eigenvalue weighted by atomic mass is 9.92. The molecule has 0 fully saturated rings. The second kappa shape index (κ2) is 9.07. The van der Waals surface area contributed by atoms with Crippen molar-refractivity contribution in [1.82, 2.24) is 14.9 Å². The zero-order valence-electron chi connectivity index (χ0n) is 19.9. The van der Waals surface area contributed by atoms with E-state index >= 15 is 0 Å². The average Bonchev–Trinajstić information content (AvgIpc) is 3.14. The summed E-state index contributed by atoms with van der Waals surface area (Å²) in [6, 6.07) is 3.08. The summed E-state index contributed by atoms with van der Waals surface area (Å²) < 4.78 is 20.0. The third-order valence-electron chi connectivity index (χ3n) is 6.25. The zero-order chi connectivity index (χ0) is 24.7. The van der Waals surface area contributed by atoms with Crippen molar-refractivity contribution in [2.45, 2.75) is 64.3 Å². The van der Waals surface area contributed by atoms with Crippen molar-refractivity contribution in [2.24, 2.45) is 10.1 Å². The third kappa shape index (κ3) is 4.67. The molecule has 35 heavy (non-hydrogen) atoms. The Bertz CT molecular complexity index is 1240. The van der Waals surface area contributed by atoms with E-state index in [1.165, 1.54) is 6.07 Å². The number of rotatable bonds is 3. The standard InChI is InChI=1S/C26H27ClFN5O2/c1-26(2,3)35-25(34)24-19-11-8-17(27)13-21(19)30-14-22-32(24)15-31-33(22)18-9-6-16(7-10-18)23-20(28)5-4-12-29-23/h4-6,8,12-15,18,22H,7,9-11H2,1-3H3. The van der Waals surface area contributed by atoms with Crippen LogP contribution in [0, 0.1) is 5.82 Å². The first-order chi connectivity index (χ1) is 16.7. The summed E-state index contributed by atoms with van der Waals surface area (Å²) in [5.74, 6) is -0.736. The predicted octanol–water partition coefficient (Wildman–Crippen LogP) is 5.13. The van der Waals surface area contributed by atoms with Crippen LogP contribution in [0.5, 0.6) is 0 Å². The third-order valence-corrected chi connectivity index (χ3v) is 6.52. The number of carbonyl (C=O) groups is 1. The van der Waals surface area contributed by atoms with Crippen molar-refractivity contribution in [1.29, 1.82) is 0 Å². The summed E-state index contributed by atoms with van der Waals surface area (Å²) >= 11 is 6.25. The van der Waals surface area contributed by atoms with Gasteiger partial charge >= 0.3 is 5.97 Å². The minimum absolute atomic E-state index is 0.0592. The molecule has 0 radical (unpaired) electrons. The van der Waals surface area contributed by atoms with Gasteiger partial charge in [-0.1, -0.05) is 23.8 Å². The number of halogens is 2. The van der Waals surface area contributed by atoms with Crippen molar-refractivity contribution < 1.29 is 13.9 Å². The lowest BCUT2D eigenvalue weighted by Crippen LogP contribution is -2.47. The van der Waals surface area contributed by atoms with Gasteiger partial charge in [-0.2, -0.15) is 5.10 Å². The molecule has 2 aliphatic heterocycles. The molecule has 4 aliphatic rings. The van der Waals surface area contributed by atoms with Crippen molar-refractivity contribution in [3.05, 3.63) is 70.1 Å². The maximum atomic E-state index is 14.2. The number of fused-ring (bicyclic) bond motifs is 2. The van der Waals surface area contributed by atoms with Crippen LogP contribution in [0.4, 0.5) is 4.39 Å². The van der Waals surface area contributed by atoms with Gasteiger partial charge < -0.3 is 4.74 Å². The van der Waals surface area contributed by atoms with Crippen LogP contribution in [0.3, 0.4) is 0 Å². The van der Waals surface area contributed by atoms with E-state index in [-0.39, 0.29) is 18.0 Å². The normalized spacial score (nSPS) is 23.9. The molecule has 0 bridgehead atoms. The van der Waals surface area contributed by atoms with Crippen LogP contribution in [0.15, 0.2) is 68.7 Å². The Kier molecular flexibility index (Phi) is 6.09. The molecular weight excluding hydrogens is 469 g/mol. The molecule has 0 saturated heterocycles.